The van der Waals surface area contributed by atoms with E-state index in [0.29, 0.717) is 16.8 Å². The summed E-state index contributed by atoms with van der Waals surface area (Å²) in [5, 5.41) is 9.90. The number of carbonyl (C=O) groups is 2. The molecule has 0 aliphatic rings. The molecule has 0 radical (unpaired) electrons. The lowest BCUT2D eigenvalue weighted by Crippen LogP contribution is -2.15. The van der Waals surface area contributed by atoms with Gasteiger partial charge in [-0.05, 0) is 24.6 Å². The van der Waals surface area contributed by atoms with Crippen LogP contribution >= 0.6 is 0 Å². The van der Waals surface area contributed by atoms with E-state index in [4.69, 9.17) is 5.11 Å². The molecule has 0 spiro atoms. The topological polar surface area (TPSA) is 85.1 Å². The van der Waals surface area contributed by atoms with Crippen LogP contribution < -0.4 is 0 Å². The number of aliphatic carboxylic acids is 1. The summed E-state index contributed by atoms with van der Waals surface area (Å²) >= 11 is 0. The molecule has 0 aliphatic heterocycles. The highest BCUT2D eigenvalue weighted by atomic mass is 16.4. The maximum atomic E-state index is 13.1. The standard InChI is InChI=1S/C22H17N3O3/c1-14-9-17-8-7-15(11-21(26)27)10-20(17)25(14)22(28)19-13-23-18(12-24-19)16-5-3-2-4-6-16/h2-10,12-13H,11H2,1H3,(H,26,27). The highest BCUT2D eigenvalue weighted by Crippen LogP contribution is 2.23. The number of carbonyl (C=O) groups excluding carboxylic acids is 1. The van der Waals surface area contributed by atoms with Gasteiger partial charge in [0.05, 0.1) is 30.0 Å². The molecule has 0 saturated heterocycles. The largest absolute Gasteiger partial charge is 0.481 e. The first kappa shape index (κ1) is 17.6. The Hall–Kier alpha value is -3.80. The summed E-state index contributed by atoms with van der Waals surface area (Å²) in [7, 11) is 0. The Morgan fingerprint density at radius 3 is 2.46 bits per heavy atom. The van der Waals surface area contributed by atoms with Gasteiger partial charge in [0.2, 0.25) is 0 Å². The predicted octanol–water partition coefficient (Wildman–Crippen LogP) is 3.72. The van der Waals surface area contributed by atoms with Gasteiger partial charge in [0.15, 0.2) is 0 Å². The molecule has 0 atom stereocenters. The van der Waals surface area contributed by atoms with E-state index in [-0.39, 0.29) is 18.0 Å². The van der Waals surface area contributed by atoms with Gasteiger partial charge in [0, 0.05) is 16.6 Å². The highest BCUT2D eigenvalue weighted by Gasteiger charge is 2.17. The second-order valence-electron chi connectivity index (χ2n) is 6.54. The molecule has 0 bridgehead atoms. The van der Waals surface area contributed by atoms with Crippen LogP contribution in [0.25, 0.3) is 22.2 Å². The zero-order valence-electron chi connectivity index (χ0n) is 15.2. The van der Waals surface area contributed by atoms with Gasteiger partial charge < -0.3 is 5.11 Å². The normalized spacial score (nSPS) is 10.9. The number of benzene rings is 2. The van der Waals surface area contributed by atoms with E-state index >= 15 is 0 Å². The summed E-state index contributed by atoms with van der Waals surface area (Å²) in [5.41, 5.74) is 3.89. The summed E-state index contributed by atoms with van der Waals surface area (Å²) in [6.07, 6.45) is 2.95. The lowest BCUT2D eigenvalue weighted by Gasteiger charge is -2.08. The molecular weight excluding hydrogens is 354 g/mol. The fourth-order valence-electron chi connectivity index (χ4n) is 3.25. The van der Waals surface area contributed by atoms with Crippen LogP contribution in [0.2, 0.25) is 0 Å². The predicted molar refractivity (Wildman–Crippen MR) is 105 cm³/mol. The number of carboxylic acid groups (broad SMARTS) is 1. The maximum Gasteiger partial charge on any atom is 0.307 e. The van der Waals surface area contributed by atoms with Gasteiger partial charge in [0.25, 0.3) is 5.91 Å². The number of carboxylic acids is 1. The van der Waals surface area contributed by atoms with Gasteiger partial charge in [-0.2, -0.15) is 0 Å². The summed E-state index contributed by atoms with van der Waals surface area (Å²) in [6, 6.07) is 16.8. The fraction of sp³-hybridized carbons (Fsp3) is 0.0909. The average molecular weight is 371 g/mol. The smallest absolute Gasteiger partial charge is 0.307 e. The van der Waals surface area contributed by atoms with E-state index in [0.717, 1.165) is 16.6 Å². The van der Waals surface area contributed by atoms with Crippen LogP contribution in [0.5, 0.6) is 0 Å². The molecule has 0 unspecified atom stereocenters. The van der Waals surface area contributed by atoms with Crippen molar-refractivity contribution in [3.8, 4) is 11.3 Å². The summed E-state index contributed by atoms with van der Waals surface area (Å²) in [4.78, 5) is 32.7. The molecule has 0 aliphatic carbocycles. The van der Waals surface area contributed by atoms with E-state index < -0.39 is 5.97 Å². The van der Waals surface area contributed by atoms with Gasteiger partial charge in [0.1, 0.15) is 5.69 Å². The number of hydrogen-bond acceptors (Lipinski definition) is 4. The molecule has 0 amide bonds. The molecule has 6 nitrogen and oxygen atoms in total. The first-order chi connectivity index (χ1) is 13.5. The molecule has 0 saturated carbocycles. The number of hydrogen-bond donors (Lipinski definition) is 1. The highest BCUT2D eigenvalue weighted by molar-refractivity contribution is 6.02. The molecular formula is C22H17N3O3. The van der Waals surface area contributed by atoms with E-state index in [2.05, 4.69) is 9.97 Å². The molecule has 6 heteroatoms. The number of fused-ring (bicyclic) bond motifs is 1. The van der Waals surface area contributed by atoms with Crippen molar-refractivity contribution in [2.45, 2.75) is 13.3 Å². The average Bonchev–Trinajstić information content (AvgIpc) is 3.03. The van der Waals surface area contributed by atoms with Crippen LogP contribution in [0.4, 0.5) is 0 Å². The Bertz CT molecular complexity index is 1180. The van der Waals surface area contributed by atoms with Crippen molar-refractivity contribution in [3.63, 3.8) is 0 Å². The van der Waals surface area contributed by atoms with Gasteiger partial charge in [-0.15, -0.1) is 0 Å². The Balaban J connectivity index is 1.72. The van der Waals surface area contributed by atoms with Gasteiger partial charge >= 0.3 is 5.97 Å². The van der Waals surface area contributed by atoms with E-state index in [1.807, 2.05) is 49.4 Å². The Morgan fingerprint density at radius 1 is 1.00 bits per heavy atom. The SMILES string of the molecule is Cc1cc2ccc(CC(=O)O)cc2n1C(=O)c1cnc(-c2ccccc2)cn1. The van der Waals surface area contributed by atoms with Crippen molar-refractivity contribution in [3.05, 3.63) is 83.9 Å². The molecule has 28 heavy (non-hydrogen) atoms. The number of nitrogens with zero attached hydrogens (tertiary/aromatic N) is 3. The summed E-state index contributed by atoms with van der Waals surface area (Å²) < 4.78 is 1.55. The molecule has 2 aromatic carbocycles. The van der Waals surface area contributed by atoms with Gasteiger partial charge in [-0.1, -0.05) is 42.5 Å². The molecule has 2 heterocycles. The first-order valence-corrected chi connectivity index (χ1v) is 8.78. The van der Waals surface area contributed by atoms with Crippen LogP contribution in [0.1, 0.15) is 21.7 Å². The third-order valence-corrected chi connectivity index (χ3v) is 4.55. The van der Waals surface area contributed by atoms with E-state index in [1.165, 1.54) is 6.20 Å². The lowest BCUT2D eigenvalue weighted by molar-refractivity contribution is -0.136. The van der Waals surface area contributed by atoms with Crippen LogP contribution in [0, 0.1) is 6.92 Å². The second-order valence-corrected chi connectivity index (χ2v) is 6.54. The summed E-state index contributed by atoms with van der Waals surface area (Å²) in [6.45, 7) is 1.83. The molecule has 1 N–H and O–H groups in total. The number of aromatic nitrogens is 3. The van der Waals surface area contributed by atoms with Crippen LogP contribution in [-0.2, 0) is 11.2 Å². The molecule has 138 valence electrons. The van der Waals surface area contributed by atoms with Crippen LogP contribution in [-0.4, -0.2) is 31.5 Å². The van der Waals surface area contributed by atoms with Crippen molar-refractivity contribution < 1.29 is 14.7 Å². The minimum Gasteiger partial charge on any atom is -0.481 e. The minimum atomic E-state index is -0.914. The van der Waals surface area contributed by atoms with Crippen molar-refractivity contribution in [1.82, 2.24) is 14.5 Å². The molecule has 2 aromatic heterocycles. The number of rotatable bonds is 4. The summed E-state index contributed by atoms with van der Waals surface area (Å²) in [5.74, 6) is -1.21. The number of aryl methyl sites for hydroxylation is 1. The zero-order chi connectivity index (χ0) is 19.7. The first-order valence-electron chi connectivity index (χ1n) is 8.78. The third kappa shape index (κ3) is 3.27. The molecule has 4 aromatic rings. The Labute approximate surface area is 161 Å². The quantitative estimate of drug-likeness (QED) is 0.591. The van der Waals surface area contributed by atoms with Gasteiger partial charge in [-0.25, -0.2) is 4.98 Å². The second kappa shape index (κ2) is 7.08. The third-order valence-electron chi connectivity index (χ3n) is 4.55. The fourth-order valence-corrected chi connectivity index (χ4v) is 3.25. The van der Waals surface area contributed by atoms with Crippen molar-refractivity contribution in [1.29, 1.82) is 0 Å². The van der Waals surface area contributed by atoms with Crippen molar-refractivity contribution in [2.24, 2.45) is 0 Å². The zero-order valence-corrected chi connectivity index (χ0v) is 15.2. The van der Waals surface area contributed by atoms with E-state index in [9.17, 15) is 9.59 Å². The molecule has 4 rings (SSSR count). The van der Waals surface area contributed by atoms with Crippen molar-refractivity contribution in [2.75, 3.05) is 0 Å². The van der Waals surface area contributed by atoms with Crippen LogP contribution in [0.3, 0.4) is 0 Å². The molecule has 0 fully saturated rings. The van der Waals surface area contributed by atoms with Gasteiger partial charge in [-0.3, -0.25) is 19.1 Å². The van der Waals surface area contributed by atoms with E-state index in [1.54, 1.807) is 22.9 Å². The minimum absolute atomic E-state index is 0.0973. The monoisotopic (exact) mass is 371 g/mol. The lowest BCUT2D eigenvalue weighted by atomic mass is 10.1. The van der Waals surface area contributed by atoms with Crippen molar-refractivity contribution >= 4 is 22.8 Å². The van der Waals surface area contributed by atoms with Crippen LogP contribution in [0.15, 0.2) is 67.0 Å². The Morgan fingerprint density at radius 2 is 1.79 bits per heavy atom. The Kier molecular flexibility index (Phi) is 4.45. The maximum absolute atomic E-state index is 13.1.